The first-order chi connectivity index (χ1) is 14.1. The van der Waals surface area contributed by atoms with Crippen LogP contribution in [0.5, 0.6) is 5.75 Å². The van der Waals surface area contributed by atoms with Gasteiger partial charge in [0.05, 0.1) is 16.6 Å². The molecule has 0 aliphatic carbocycles. The smallest absolute Gasteiger partial charge is 0.239 e. The van der Waals surface area contributed by atoms with E-state index in [1.807, 2.05) is 35.7 Å². The highest BCUT2D eigenvalue weighted by Crippen LogP contribution is 2.27. The van der Waals surface area contributed by atoms with Crippen molar-refractivity contribution in [2.24, 2.45) is 0 Å². The third-order valence-electron chi connectivity index (χ3n) is 3.99. The average Bonchev–Trinajstić information content (AvgIpc) is 3.39. The molecule has 10 heteroatoms. The Balaban J connectivity index is 1.43. The summed E-state index contributed by atoms with van der Waals surface area (Å²) in [6.45, 7) is 1.78. The van der Waals surface area contributed by atoms with Crippen molar-refractivity contribution in [1.29, 1.82) is 0 Å². The van der Waals surface area contributed by atoms with Crippen LogP contribution in [0.4, 0.5) is 5.13 Å². The van der Waals surface area contributed by atoms with Gasteiger partial charge in [-0.25, -0.2) is 4.98 Å². The molecule has 0 aliphatic rings. The van der Waals surface area contributed by atoms with Gasteiger partial charge in [-0.2, -0.15) is 4.68 Å². The number of thiazole rings is 1. The molecule has 0 bridgehead atoms. The highest BCUT2D eigenvalue weighted by Gasteiger charge is 2.20. The monoisotopic (exact) mass is 424 g/mol. The number of nitrogens with one attached hydrogen (secondary N) is 1. The number of phenolic OH excluding ortho intramolecular Hbond substituents is 1. The number of hydrogen-bond donors (Lipinski definition) is 2. The van der Waals surface area contributed by atoms with Crippen molar-refractivity contribution >= 4 is 34.1 Å². The van der Waals surface area contributed by atoms with Gasteiger partial charge in [0.15, 0.2) is 5.13 Å². The third-order valence-corrected chi connectivity index (χ3v) is 5.78. The van der Waals surface area contributed by atoms with Crippen LogP contribution >= 0.6 is 23.1 Å². The van der Waals surface area contributed by atoms with Gasteiger partial charge in [-0.15, -0.1) is 16.4 Å². The Hall–Kier alpha value is -3.24. The largest absolute Gasteiger partial charge is 0.508 e. The number of tetrazole rings is 1. The Morgan fingerprint density at radius 1 is 1.17 bits per heavy atom. The van der Waals surface area contributed by atoms with Gasteiger partial charge < -0.3 is 10.4 Å². The van der Waals surface area contributed by atoms with Gasteiger partial charge in [0, 0.05) is 10.9 Å². The maximum absolute atomic E-state index is 12.6. The topological polar surface area (TPSA) is 106 Å². The number of aromatic hydroxyl groups is 1. The number of hydrogen-bond acceptors (Lipinski definition) is 8. The fraction of sp³-hybridized carbons (Fsp3) is 0.105. The van der Waals surface area contributed by atoms with Crippen LogP contribution in [0.1, 0.15) is 6.92 Å². The van der Waals surface area contributed by atoms with E-state index in [9.17, 15) is 9.90 Å². The highest BCUT2D eigenvalue weighted by molar-refractivity contribution is 8.00. The van der Waals surface area contributed by atoms with E-state index in [4.69, 9.17) is 0 Å². The lowest BCUT2D eigenvalue weighted by Gasteiger charge is -2.10. The van der Waals surface area contributed by atoms with E-state index >= 15 is 0 Å². The SMILES string of the molecule is CC(Sc1nnnn1-c1ccc(O)cc1)C(=O)Nc1nc(-c2ccccc2)cs1. The minimum absolute atomic E-state index is 0.155. The molecule has 2 aromatic heterocycles. The molecular weight excluding hydrogens is 408 g/mol. The normalized spacial score (nSPS) is 11.9. The summed E-state index contributed by atoms with van der Waals surface area (Å²) in [4.78, 5) is 17.1. The van der Waals surface area contributed by atoms with Crippen LogP contribution in [0.15, 0.2) is 65.1 Å². The molecule has 4 rings (SSSR count). The molecule has 0 aliphatic heterocycles. The maximum Gasteiger partial charge on any atom is 0.239 e. The fourth-order valence-corrected chi connectivity index (χ4v) is 4.03. The van der Waals surface area contributed by atoms with Gasteiger partial charge in [-0.1, -0.05) is 42.1 Å². The molecule has 4 aromatic rings. The minimum atomic E-state index is -0.444. The summed E-state index contributed by atoms with van der Waals surface area (Å²) in [5.41, 5.74) is 2.51. The molecule has 2 heterocycles. The average molecular weight is 425 g/mol. The summed E-state index contributed by atoms with van der Waals surface area (Å²) >= 11 is 2.61. The Morgan fingerprint density at radius 3 is 2.69 bits per heavy atom. The molecule has 1 atom stereocenters. The molecule has 146 valence electrons. The first-order valence-electron chi connectivity index (χ1n) is 8.66. The second-order valence-corrected chi connectivity index (χ2v) is 8.21. The lowest BCUT2D eigenvalue weighted by molar-refractivity contribution is -0.115. The van der Waals surface area contributed by atoms with E-state index in [2.05, 4.69) is 25.8 Å². The zero-order valence-electron chi connectivity index (χ0n) is 15.3. The summed E-state index contributed by atoms with van der Waals surface area (Å²) < 4.78 is 1.52. The lowest BCUT2D eigenvalue weighted by Crippen LogP contribution is -2.22. The number of phenols is 1. The second-order valence-electron chi connectivity index (χ2n) is 6.04. The zero-order chi connectivity index (χ0) is 20.2. The molecule has 0 saturated carbocycles. The van der Waals surface area contributed by atoms with Crippen LogP contribution in [0, 0.1) is 0 Å². The first-order valence-corrected chi connectivity index (χ1v) is 10.4. The third kappa shape index (κ3) is 4.44. The Labute approximate surface area is 174 Å². The number of amides is 1. The van der Waals surface area contributed by atoms with Crippen molar-refractivity contribution in [2.75, 3.05) is 5.32 Å². The number of nitrogens with zero attached hydrogens (tertiary/aromatic N) is 5. The van der Waals surface area contributed by atoms with E-state index in [0.29, 0.717) is 16.0 Å². The van der Waals surface area contributed by atoms with Crippen molar-refractivity contribution in [3.8, 4) is 22.7 Å². The maximum atomic E-state index is 12.6. The fourth-order valence-electron chi connectivity index (χ4n) is 2.50. The van der Waals surface area contributed by atoms with E-state index < -0.39 is 5.25 Å². The van der Waals surface area contributed by atoms with Gasteiger partial charge >= 0.3 is 0 Å². The standard InChI is InChI=1S/C19H16N6O2S2/c1-12(29-19-22-23-24-25(19)14-7-9-15(26)10-8-14)17(27)21-18-20-16(11-28-18)13-5-3-2-4-6-13/h2-12,26H,1H3,(H,20,21,27). The van der Waals surface area contributed by atoms with Crippen molar-refractivity contribution in [3.05, 3.63) is 60.0 Å². The van der Waals surface area contributed by atoms with Crippen LogP contribution in [0.25, 0.3) is 16.9 Å². The predicted molar refractivity (Wildman–Crippen MR) is 112 cm³/mol. The van der Waals surface area contributed by atoms with Gasteiger partial charge in [-0.3, -0.25) is 4.79 Å². The van der Waals surface area contributed by atoms with Gasteiger partial charge in [0.2, 0.25) is 11.1 Å². The second kappa shape index (κ2) is 8.41. The van der Waals surface area contributed by atoms with Gasteiger partial charge in [0.1, 0.15) is 5.75 Å². The number of rotatable bonds is 6. The minimum Gasteiger partial charge on any atom is -0.508 e. The molecule has 2 aromatic carbocycles. The van der Waals surface area contributed by atoms with Gasteiger partial charge in [-0.05, 0) is 41.6 Å². The quantitative estimate of drug-likeness (QED) is 0.455. The molecule has 1 unspecified atom stereocenters. The van der Waals surface area contributed by atoms with Crippen LogP contribution < -0.4 is 5.32 Å². The van der Waals surface area contributed by atoms with Crippen molar-refractivity contribution in [2.45, 2.75) is 17.3 Å². The number of carbonyl (C=O) groups is 1. The number of carbonyl (C=O) groups excluding carboxylic acids is 1. The number of benzene rings is 2. The zero-order valence-corrected chi connectivity index (χ0v) is 16.9. The van der Waals surface area contributed by atoms with E-state index in [1.165, 1.54) is 27.8 Å². The summed E-state index contributed by atoms with van der Waals surface area (Å²) in [5.74, 6) is -0.0358. The Morgan fingerprint density at radius 2 is 1.93 bits per heavy atom. The summed E-state index contributed by atoms with van der Waals surface area (Å²) in [6.07, 6.45) is 0. The molecular formula is C19H16N6O2S2. The van der Waals surface area contributed by atoms with Crippen LogP contribution in [0.2, 0.25) is 0 Å². The van der Waals surface area contributed by atoms with Gasteiger partial charge in [0.25, 0.3) is 0 Å². The van der Waals surface area contributed by atoms with Crippen molar-refractivity contribution in [3.63, 3.8) is 0 Å². The van der Waals surface area contributed by atoms with E-state index in [0.717, 1.165) is 11.3 Å². The molecule has 2 N–H and O–H groups in total. The highest BCUT2D eigenvalue weighted by atomic mass is 32.2. The van der Waals surface area contributed by atoms with Crippen LogP contribution in [-0.4, -0.2) is 41.5 Å². The van der Waals surface area contributed by atoms with Crippen LogP contribution in [0.3, 0.4) is 0 Å². The summed E-state index contributed by atoms with van der Waals surface area (Å²) in [6, 6.07) is 16.3. The van der Waals surface area contributed by atoms with E-state index in [-0.39, 0.29) is 11.7 Å². The van der Waals surface area contributed by atoms with Crippen LogP contribution in [-0.2, 0) is 4.79 Å². The summed E-state index contributed by atoms with van der Waals surface area (Å²) in [7, 11) is 0. The lowest BCUT2D eigenvalue weighted by atomic mass is 10.2. The predicted octanol–water partition coefficient (Wildman–Crippen LogP) is 3.61. The van der Waals surface area contributed by atoms with E-state index in [1.54, 1.807) is 31.2 Å². The number of anilines is 1. The molecule has 0 radical (unpaired) electrons. The molecule has 0 saturated heterocycles. The summed E-state index contributed by atoms with van der Waals surface area (Å²) in [5, 5.41) is 26.4. The molecule has 29 heavy (non-hydrogen) atoms. The Kier molecular flexibility index (Phi) is 5.54. The van der Waals surface area contributed by atoms with Crippen molar-refractivity contribution < 1.29 is 9.90 Å². The molecule has 0 fully saturated rings. The Bertz CT molecular complexity index is 1110. The molecule has 0 spiro atoms. The first kappa shape index (κ1) is 19.1. The molecule has 8 nitrogen and oxygen atoms in total. The molecule has 1 amide bonds. The van der Waals surface area contributed by atoms with Crippen molar-refractivity contribution in [1.82, 2.24) is 25.2 Å². The number of aromatic nitrogens is 5. The number of thioether (sulfide) groups is 1.